The molecule has 3 rings (SSSR count). The minimum absolute atomic E-state index is 0.0280. The molecule has 3 aliphatic rings. The van der Waals surface area contributed by atoms with Crippen molar-refractivity contribution in [3.8, 4) is 0 Å². The number of nitrogens with zero attached hydrogens (tertiary/aromatic N) is 1. The number of carbonyl (C=O) groups excluding carboxylic acids is 4. The molecule has 0 aliphatic carbocycles. The Labute approximate surface area is 269 Å². The summed E-state index contributed by atoms with van der Waals surface area (Å²) >= 11 is 0. The number of Topliss-reactive ketones (excluding diaryl/α,β-unsaturated/α-hetero) is 2. The van der Waals surface area contributed by atoms with Crippen LogP contribution >= 0.6 is 0 Å². The maximum absolute atomic E-state index is 15.8. The predicted molar refractivity (Wildman–Crippen MR) is 161 cm³/mol. The number of carbonyl (C=O) groups is 4. The van der Waals surface area contributed by atoms with Crippen LogP contribution in [0.15, 0.2) is 12.7 Å². The predicted octanol–water partition coefficient (Wildman–Crippen LogP) is 2.89. The molecule has 0 spiro atoms. The van der Waals surface area contributed by atoms with E-state index < -0.39 is 102 Å². The molecule has 0 radical (unpaired) electrons. The number of hydrogen-bond donors (Lipinski definition) is 2. The van der Waals surface area contributed by atoms with Gasteiger partial charge in [-0.2, -0.15) is 8.78 Å². The lowest BCUT2D eigenvalue weighted by atomic mass is 9.74. The smallest absolute Gasteiger partial charge is 0.408 e. The summed E-state index contributed by atoms with van der Waals surface area (Å²) in [5.74, 6) is -13.4. The number of nitrogens with one attached hydrogen (secondary N) is 1. The minimum Gasteiger partial charge on any atom is -0.453 e. The van der Waals surface area contributed by atoms with E-state index in [0.29, 0.717) is 6.42 Å². The van der Waals surface area contributed by atoms with Crippen molar-refractivity contribution in [1.82, 2.24) is 10.2 Å². The summed E-state index contributed by atoms with van der Waals surface area (Å²) < 4.78 is 60.5. The monoisotopic (exact) mass is 660 g/mol. The van der Waals surface area contributed by atoms with Crippen LogP contribution in [0.3, 0.4) is 0 Å². The van der Waals surface area contributed by atoms with Gasteiger partial charge in [0.15, 0.2) is 11.9 Å². The highest BCUT2D eigenvalue weighted by molar-refractivity contribution is 6.06. The van der Waals surface area contributed by atoms with Crippen molar-refractivity contribution in [2.75, 3.05) is 20.7 Å². The van der Waals surface area contributed by atoms with E-state index in [-0.39, 0.29) is 18.8 Å². The molecule has 3 saturated heterocycles. The maximum atomic E-state index is 15.8. The number of cyclic esters (lactones) is 1. The van der Waals surface area contributed by atoms with Crippen molar-refractivity contribution >= 4 is 23.6 Å². The molecule has 3 heterocycles. The maximum Gasteiger partial charge on any atom is 0.408 e. The van der Waals surface area contributed by atoms with Crippen LogP contribution in [0.1, 0.15) is 61.3 Å². The molecule has 0 aromatic carbocycles. The number of halogens is 2. The molecular formula is C32H50F2N2O10. The van der Waals surface area contributed by atoms with Gasteiger partial charge in [-0.1, -0.05) is 40.7 Å². The van der Waals surface area contributed by atoms with Crippen LogP contribution in [0.2, 0.25) is 0 Å². The van der Waals surface area contributed by atoms with Crippen molar-refractivity contribution in [3.05, 3.63) is 12.7 Å². The molecule has 0 bridgehead atoms. The second-order valence-electron chi connectivity index (χ2n) is 13.3. The molecule has 1 amide bonds. The Morgan fingerprint density at radius 2 is 1.70 bits per heavy atom. The molecule has 3 aliphatic heterocycles. The Hall–Kier alpha value is -2.52. The van der Waals surface area contributed by atoms with Crippen molar-refractivity contribution in [2.45, 2.75) is 122 Å². The standard InChI is InChI=1S/C32H50F2N2O10/c1-11-13-42-24-16(4)22(37)17(5)26-31(8,46-30(41)35-26)21(12-2)44-29(40)32(33,34)27(39)19(7)25(18(24)6)45-28-23(38)20(36(9)10)14-15(3)43-28/h11,15-21,23-26,28,38H,1,12-14H2,2-10H3,(H,35,41)/t15-,16+,17+,18+,19-,20+,21-,23-,24+,25+,26?,28+,31-/m1/s1. The fraction of sp³-hybridized carbons (Fsp3) is 0.812. The number of hydrogen-bond acceptors (Lipinski definition) is 11. The van der Waals surface area contributed by atoms with E-state index in [9.17, 15) is 24.3 Å². The minimum atomic E-state index is -4.63. The zero-order valence-corrected chi connectivity index (χ0v) is 28.2. The van der Waals surface area contributed by atoms with E-state index in [2.05, 4.69) is 11.9 Å². The molecule has 12 nitrogen and oxygen atoms in total. The first kappa shape index (κ1) is 37.9. The van der Waals surface area contributed by atoms with Gasteiger partial charge in [-0.3, -0.25) is 9.59 Å². The van der Waals surface area contributed by atoms with E-state index in [1.54, 1.807) is 46.7 Å². The van der Waals surface area contributed by atoms with Gasteiger partial charge in [-0.25, -0.2) is 9.59 Å². The van der Waals surface area contributed by atoms with Gasteiger partial charge >= 0.3 is 18.0 Å². The van der Waals surface area contributed by atoms with Crippen LogP contribution in [0.5, 0.6) is 0 Å². The molecule has 262 valence electrons. The fourth-order valence-electron chi connectivity index (χ4n) is 7.16. The van der Waals surface area contributed by atoms with Gasteiger partial charge in [-0.15, -0.1) is 6.58 Å². The second-order valence-corrected chi connectivity index (χ2v) is 13.3. The molecule has 0 aromatic rings. The SMILES string of the molecule is C=CCO[C@@H]1[C@H](C)[C@H](O[C@@H]2O[C@H](C)C[C@H](N(C)C)[C@H]2O)[C@@H](C)C(=O)C(F)(F)C(=O)O[C@H](CC)[C@@]2(C)OC(=O)NC2[C@@H](C)C(=O)[C@@H]1C. The third kappa shape index (κ3) is 7.30. The molecule has 1 unspecified atom stereocenters. The van der Waals surface area contributed by atoms with E-state index in [4.69, 9.17) is 23.7 Å². The average Bonchev–Trinajstić information content (AvgIpc) is 3.31. The molecule has 14 heteroatoms. The number of alkyl carbamates (subject to hydrolysis) is 1. The van der Waals surface area contributed by atoms with Gasteiger partial charge in [-0.05, 0) is 40.8 Å². The van der Waals surface area contributed by atoms with Crippen LogP contribution in [0.4, 0.5) is 13.6 Å². The van der Waals surface area contributed by atoms with Gasteiger partial charge < -0.3 is 39.0 Å². The second kappa shape index (κ2) is 14.7. The third-order valence-electron chi connectivity index (χ3n) is 9.84. The van der Waals surface area contributed by atoms with E-state index in [0.717, 1.165) is 0 Å². The zero-order chi connectivity index (χ0) is 34.9. The lowest BCUT2D eigenvalue weighted by Crippen LogP contribution is -2.60. The number of amides is 1. The lowest BCUT2D eigenvalue weighted by Gasteiger charge is -2.45. The molecule has 3 fully saturated rings. The number of esters is 1. The van der Waals surface area contributed by atoms with E-state index in [1.165, 1.54) is 26.8 Å². The zero-order valence-electron chi connectivity index (χ0n) is 28.2. The summed E-state index contributed by atoms with van der Waals surface area (Å²) in [7, 11) is 3.54. The number of ether oxygens (including phenoxy) is 5. The Kier molecular flexibility index (Phi) is 12.1. The van der Waals surface area contributed by atoms with E-state index in [1.807, 2.05) is 0 Å². The Morgan fingerprint density at radius 1 is 1.07 bits per heavy atom. The molecule has 2 N–H and O–H groups in total. The highest BCUT2D eigenvalue weighted by Crippen LogP contribution is 2.40. The third-order valence-corrected chi connectivity index (χ3v) is 9.84. The number of likely N-dealkylation sites (N-methyl/N-ethyl adjacent to an activating group) is 1. The largest absolute Gasteiger partial charge is 0.453 e. The molecule has 0 aromatic heterocycles. The summed E-state index contributed by atoms with van der Waals surface area (Å²) in [6.45, 7) is 14.3. The Morgan fingerprint density at radius 3 is 2.26 bits per heavy atom. The van der Waals surface area contributed by atoms with Crippen LogP contribution in [0.25, 0.3) is 0 Å². The first-order valence-corrected chi connectivity index (χ1v) is 15.9. The molecule has 0 saturated carbocycles. The number of alkyl halides is 2. The van der Waals surface area contributed by atoms with Crippen LogP contribution in [-0.4, -0.2) is 115 Å². The number of ketones is 2. The molecular weight excluding hydrogens is 610 g/mol. The topological polar surface area (TPSA) is 150 Å². The highest BCUT2D eigenvalue weighted by atomic mass is 19.3. The number of aliphatic hydroxyl groups excluding tert-OH is 1. The Balaban J connectivity index is 2.17. The average molecular weight is 661 g/mol. The normalized spacial score (nSPS) is 42.5. The van der Waals surface area contributed by atoms with Crippen molar-refractivity contribution in [3.63, 3.8) is 0 Å². The number of rotatable bonds is 7. The summed E-state index contributed by atoms with van der Waals surface area (Å²) in [5.41, 5.74) is -1.71. The summed E-state index contributed by atoms with van der Waals surface area (Å²) in [6, 6.07) is -1.49. The van der Waals surface area contributed by atoms with Crippen LogP contribution in [0, 0.1) is 23.7 Å². The van der Waals surface area contributed by atoms with Gasteiger partial charge in [0.05, 0.1) is 31.0 Å². The first-order valence-electron chi connectivity index (χ1n) is 15.9. The quantitative estimate of drug-likeness (QED) is 0.236. The number of fused-ring (bicyclic) bond motifs is 1. The van der Waals surface area contributed by atoms with Gasteiger partial charge in [0.2, 0.25) is 5.78 Å². The highest BCUT2D eigenvalue weighted by Gasteiger charge is 2.60. The van der Waals surface area contributed by atoms with Crippen molar-refractivity contribution < 1.29 is 56.7 Å². The molecule has 46 heavy (non-hydrogen) atoms. The first-order chi connectivity index (χ1) is 21.3. The van der Waals surface area contributed by atoms with Crippen molar-refractivity contribution in [2.24, 2.45) is 23.7 Å². The summed E-state index contributed by atoms with van der Waals surface area (Å²) in [4.78, 5) is 55.0. The summed E-state index contributed by atoms with van der Waals surface area (Å²) in [5, 5.41) is 13.8. The summed E-state index contributed by atoms with van der Waals surface area (Å²) in [6.07, 6.45) is -5.89. The molecule has 13 atom stereocenters. The van der Waals surface area contributed by atoms with Crippen molar-refractivity contribution in [1.29, 1.82) is 0 Å². The van der Waals surface area contributed by atoms with Gasteiger partial charge in [0.1, 0.15) is 18.0 Å². The van der Waals surface area contributed by atoms with Gasteiger partial charge in [0.25, 0.3) is 0 Å². The lowest BCUT2D eigenvalue weighted by molar-refractivity contribution is -0.282. The van der Waals surface area contributed by atoms with E-state index >= 15 is 8.78 Å². The van der Waals surface area contributed by atoms with Crippen LogP contribution < -0.4 is 5.32 Å². The van der Waals surface area contributed by atoms with Crippen LogP contribution in [-0.2, 0) is 38.1 Å². The number of aliphatic hydroxyl groups is 1. The van der Waals surface area contributed by atoms with Gasteiger partial charge in [0, 0.05) is 29.7 Å². The fourth-order valence-corrected chi connectivity index (χ4v) is 7.16. The Bertz CT molecular complexity index is 1150.